The van der Waals surface area contributed by atoms with Crippen LogP contribution in [0.3, 0.4) is 0 Å². The topological polar surface area (TPSA) is 41.1 Å². The van der Waals surface area contributed by atoms with Gasteiger partial charge in [-0.25, -0.2) is 0 Å². The minimum atomic E-state index is 0.0685. The molecule has 1 aliphatic rings. The van der Waals surface area contributed by atoms with Gasteiger partial charge in [-0.05, 0) is 43.2 Å². The summed E-state index contributed by atoms with van der Waals surface area (Å²) >= 11 is 1.58. The van der Waals surface area contributed by atoms with Crippen molar-refractivity contribution in [2.45, 2.75) is 25.3 Å². The van der Waals surface area contributed by atoms with E-state index in [1.54, 1.807) is 11.8 Å². The highest BCUT2D eigenvalue weighted by Crippen LogP contribution is 2.33. The van der Waals surface area contributed by atoms with E-state index in [9.17, 15) is 4.79 Å². The molecule has 0 aliphatic carbocycles. The third kappa shape index (κ3) is 3.22. The van der Waals surface area contributed by atoms with Gasteiger partial charge < -0.3 is 10.6 Å². The van der Waals surface area contributed by atoms with Crippen LogP contribution in [0.5, 0.6) is 0 Å². The van der Waals surface area contributed by atoms with Crippen molar-refractivity contribution in [3.8, 4) is 0 Å². The van der Waals surface area contributed by atoms with Gasteiger partial charge in [0.15, 0.2) is 0 Å². The lowest BCUT2D eigenvalue weighted by molar-refractivity contribution is -0.113. The minimum absolute atomic E-state index is 0.0685. The molecule has 0 atom stereocenters. The molecule has 2 aromatic rings. The van der Waals surface area contributed by atoms with Crippen molar-refractivity contribution in [1.29, 1.82) is 0 Å². The Morgan fingerprint density at radius 1 is 1.19 bits per heavy atom. The molecule has 0 fully saturated rings. The van der Waals surface area contributed by atoms with Gasteiger partial charge >= 0.3 is 0 Å². The molecule has 0 bridgehead atoms. The van der Waals surface area contributed by atoms with Crippen molar-refractivity contribution in [1.82, 2.24) is 0 Å². The highest BCUT2D eigenvalue weighted by molar-refractivity contribution is 8.00. The molecule has 3 rings (SSSR count). The number of aryl methyl sites for hydroxylation is 2. The van der Waals surface area contributed by atoms with Gasteiger partial charge in [-0.2, -0.15) is 0 Å². The maximum Gasteiger partial charge on any atom is 0.234 e. The number of amides is 1. The molecule has 2 N–H and O–H groups in total. The second-order valence-electron chi connectivity index (χ2n) is 5.33. The van der Waals surface area contributed by atoms with Crippen molar-refractivity contribution in [2.24, 2.45) is 0 Å². The third-order valence-corrected chi connectivity index (χ3v) is 4.67. The molecule has 2 aromatic carbocycles. The Morgan fingerprint density at radius 3 is 2.86 bits per heavy atom. The van der Waals surface area contributed by atoms with E-state index in [1.165, 1.54) is 16.7 Å². The quantitative estimate of drug-likeness (QED) is 0.901. The van der Waals surface area contributed by atoms with E-state index >= 15 is 0 Å². The van der Waals surface area contributed by atoms with Crippen molar-refractivity contribution in [3.05, 3.63) is 53.1 Å². The number of benzene rings is 2. The zero-order valence-corrected chi connectivity index (χ0v) is 13.0. The Bertz CT molecular complexity index is 697. The fraction of sp³-hybridized carbons (Fsp3) is 0.235. The summed E-state index contributed by atoms with van der Waals surface area (Å²) in [7, 11) is 0. The highest BCUT2D eigenvalue weighted by Gasteiger charge is 2.15. The summed E-state index contributed by atoms with van der Waals surface area (Å²) in [4.78, 5) is 12.6. The maximum absolute atomic E-state index is 11.4. The molecule has 0 aromatic heterocycles. The van der Waals surface area contributed by atoms with Crippen LogP contribution in [0.2, 0.25) is 0 Å². The van der Waals surface area contributed by atoms with Gasteiger partial charge in [0.1, 0.15) is 0 Å². The number of nitrogens with one attached hydrogen (secondary N) is 2. The van der Waals surface area contributed by atoms with Crippen LogP contribution >= 0.6 is 11.8 Å². The molecule has 3 nitrogen and oxygen atoms in total. The average molecular weight is 298 g/mol. The molecule has 0 radical (unpaired) electrons. The number of hydrogen-bond donors (Lipinski definition) is 2. The summed E-state index contributed by atoms with van der Waals surface area (Å²) in [6.07, 6.45) is 0. The van der Waals surface area contributed by atoms with Crippen molar-refractivity contribution in [3.63, 3.8) is 0 Å². The summed E-state index contributed by atoms with van der Waals surface area (Å²) in [5, 5.41) is 6.34. The molecule has 108 valence electrons. The predicted octanol–water partition coefficient (Wildman–Crippen LogP) is 3.96. The van der Waals surface area contributed by atoms with Crippen molar-refractivity contribution in [2.75, 3.05) is 16.4 Å². The van der Waals surface area contributed by atoms with Crippen LogP contribution < -0.4 is 10.6 Å². The summed E-state index contributed by atoms with van der Waals surface area (Å²) in [6.45, 7) is 5.02. The molecule has 0 spiro atoms. The van der Waals surface area contributed by atoms with E-state index in [4.69, 9.17) is 0 Å². The van der Waals surface area contributed by atoms with Crippen LogP contribution in [-0.2, 0) is 11.3 Å². The maximum atomic E-state index is 11.4. The number of carbonyl (C=O) groups excluding carboxylic acids is 1. The first-order valence-electron chi connectivity index (χ1n) is 6.98. The van der Waals surface area contributed by atoms with E-state index < -0.39 is 0 Å². The first-order chi connectivity index (χ1) is 10.1. The summed E-state index contributed by atoms with van der Waals surface area (Å²) in [6, 6.07) is 12.6. The van der Waals surface area contributed by atoms with E-state index in [2.05, 4.69) is 54.8 Å². The SMILES string of the molecule is Cc1ccc(CNc2ccc3c(c2)NC(=O)CS3)c(C)c1. The summed E-state index contributed by atoms with van der Waals surface area (Å²) < 4.78 is 0. The Labute approximate surface area is 129 Å². The molecule has 1 heterocycles. The zero-order valence-electron chi connectivity index (χ0n) is 12.2. The number of hydrogen-bond acceptors (Lipinski definition) is 3. The number of carbonyl (C=O) groups is 1. The predicted molar refractivity (Wildman–Crippen MR) is 89.0 cm³/mol. The standard InChI is InChI=1S/C17H18N2OS/c1-11-3-4-13(12(2)7-11)9-18-14-5-6-16-15(8-14)19-17(20)10-21-16/h3-8,18H,9-10H2,1-2H3,(H,19,20). The fourth-order valence-corrected chi connectivity index (χ4v) is 3.22. The number of rotatable bonds is 3. The normalized spacial score (nSPS) is 13.5. The molecule has 1 aliphatic heterocycles. The molecule has 0 unspecified atom stereocenters. The molecule has 0 saturated heterocycles. The van der Waals surface area contributed by atoms with Crippen LogP contribution in [0.1, 0.15) is 16.7 Å². The van der Waals surface area contributed by atoms with E-state index in [1.807, 2.05) is 6.07 Å². The van der Waals surface area contributed by atoms with Crippen molar-refractivity contribution >= 4 is 29.0 Å². The Morgan fingerprint density at radius 2 is 2.05 bits per heavy atom. The van der Waals surface area contributed by atoms with Gasteiger partial charge in [-0.1, -0.05) is 23.8 Å². The summed E-state index contributed by atoms with van der Waals surface area (Å²) in [5.74, 6) is 0.571. The highest BCUT2D eigenvalue weighted by atomic mass is 32.2. The lowest BCUT2D eigenvalue weighted by Gasteiger charge is -2.18. The van der Waals surface area contributed by atoms with Crippen molar-refractivity contribution < 1.29 is 4.79 Å². The molecular formula is C17H18N2OS. The summed E-state index contributed by atoms with van der Waals surface area (Å²) in [5.41, 5.74) is 5.80. The Hall–Kier alpha value is -1.94. The van der Waals surface area contributed by atoms with E-state index in [-0.39, 0.29) is 5.91 Å². The molecule has 21 heavy (non-hydrogen) atoms. The minimum Gasteiger partial charge on any atom is -0.381 e. The fourth-order valence-electron chi connectivity index (χ4n) is 2.43. The van der Waals surface area contributed by atoms with Gasteiger partial charge in [0, 0.05) is 17.1 Å². The average Bonchev–Trinajstić information content (AvgIpc) is 2.46. The lowest BCUT2D eigenvalue weighted by atomic mass is 10.1. The number of fused-ring (bicyclic) bond motifs is 1. The Kier molecular flexibility index (Phi) is 3.88. The first kappa shape index (κ1) is 14.0. The molecule has 4 heteroatoms. The third-order valence-electron chi connectivity index (χ3n) is 3.59. The van der Waals surface area contributed by atoms with Gasteiger partial charge in [-0.3, -0.25) is 4.79 Å². The lowest BCUT2D eigenvalue weighted by Crippen LogP contribution is -2.18. The second-order valence-corrected chi connectivity index (χ2v) is 6.35. The largest absolute Gasteiger partial charge is 0.381 e. The van der Waals surface area contributed by atoms with E-state index in [0.29, 0.717) is 5.75 Å². The van der Waals surface area contributed by atoms with Gasteiger partial charge in [0.2, 0.25) is 5.91 Å². The van der Waals surface area contributed by atoms with Crippen LogP contribution in [0, 0.1) is 13.8 Å². The van der Waals surface area contributed by atoms with Crippen LogP contribution in [0.4, 0.5) is 11.4 Å². The van der Waals surface area contributed by atoms with Gasteiger partial charge in [0.05, 0.1) is 11.4 Å². The number of anilines is 2. The smallest absolute Gasteiger partial charge is 0.234 e. The molecule has 1 amide bonds. The van der Waals surface area contributed by atoms with Crippen LogP contribution in [0.15, 0.2) is 41.3 Å². The van der Waals surface area contributed by atoms with Gasteiger partial charge in [0.25, 0.3) is 0 Å². The Balaban J connectivity index is 1.73. The monoisotopic (exact) mass is 298 g/mol. The first-order valence-corrected chi connectivity index (χ1v) is 7.97. The van der Waals surface area contributed by atoms with Gasteiger partial charge in [-0.15, -0.1) is 11.8 Å². The van der Waals surface area contributed by atoms with Crippen LogP contribution in [0.25, 0.3) is 0 Å². The zero-order chi connectivity index (χ0) is 14.8. The van der Waals surface area contributed by atoms with Crippen LogP contribution in [-0.4, -0.2) is 11.7 Å². The molecular weight excluding hydrogens is 280 g/mol. The number of thioether (sulfide) groups is 1. The second kappa shape index (κ2) is 5.82. The molecule has 0 saturated carbocycles. The van der Waals surface area contributed by atoms with E-state index in [0.717, 1.165) is 22.8 Å².